The summed E-state index contributed by atoms with van der Waals surface area (Å²) < 4.78 is 26.9. The van der Waals surface area contributed by atoms with E-state index in [1.165, 1.54) is 12.4 Å². The molecule has 0 bridgehead atoms. The van der Waals surface area contributed by atoms with Crippen LogP contribution in [-0.2, 0) is 4.79 Å². The van der Waals surface area contributed by atoms with Crippen molar-refractivity contribution >= 4 is 56.9 Å². The van der Waals surface area contributed by atoms with Gasteiger partial charge < -0.3 is 20.5 Å². The van der Waals surface area contributed by atoms with Crippen molar-refractivity contribution in [1.82, 2.24) is 14.5 Å². The number of ether oxygens (including phenoxy) is 2. The van der Waals surface area contributed by atoms with E-state index in [9.17, 15) is 9.18 Å². The van der Waals surface area contributed by atoms with E-state index in [4.69, 9.17) is 26.8 Å². The largest absolute Gasteiger partial charge is 0.493 e. The molecule has 2 aromatic heterocycles. The maximum Gasteiger partial charge on any atom is 0.276 e. The van der Waals surface area contributed by atoms with Gasteiger partial charge in [0.2, 0.25) is 0 Å². The number of carbonyl (C=O) groups excluding carboxylic acids is 1. The summed E-state index contributed by atoms with van der Waals surface area (Å²) in [7, 11) is 3.54. The number of amides is 1. The first-order valence-electron chi connectivity index (χ1n) is 11.2. The number of likely N-dealkylation sites (N-methyl/N-ethyl adjacent to an activating group) is 1. The Balaban J connectivity index is 1.50. The summed E-state index contributed by atoms with van der Waals surface area (Å²) in [5.41, 5.74) is 7.57. The maximum absolute atomic E-state index is 14.5. The Morgan fingerprint density at radius 3 is 2.83 bits per heavy atom. The fraction of sp³-hybridized carbons (Fsp3) is 0.240. The second kappa shape index (κ2) is 9.53. The Morgan fingerprint density at radius 1 is 1.28 bits per heavy atom. The molecule has 1 aliphatic rings. The molecule has 8 nitrogen and oxygen atoms in total. The number of fused-ring (bicyclic) bond motifs is 1. The molecule has 11 heteroatoms. The number of likely N-dealkylation sites (tertiary alicyclic amines) is 1. The Kier molecular flexibility index (Phi) is 6.42. The first-order valence-corrected chi connectivity index (χ1v) is 12.5. The van der Waals surface area contributed by atoms with Gasteiger partial charge >= 0.3 is 0 Å². The van der Waals surface area contributed by atoms with E-state index in [2.05, 4.69) is 15.3 Å². The lowest BCUT2D eigenvalue weighted by molar-refractivity contribution is -0.121. The molecule has 4 aromatic rings. The molecule has 0 radical (unpaired) electrons. The van der Waals surface area contributed by atoms with Crippen molar-refractivity contribution in [3.63, 3.8) is 0 Å². The second-order valence-electron chi connectivity index (χ2n) is 8.79. The van der Waals surface area contributed by atoms with Gasteiger partial charge in [0.1, 0.15) is 24.4 Å². The fourth-order valence-corrected chi connectivity index (χ4v) is 5.67. The molecule has 186 valence electrons. The number of carbonyl (C=O) groups is 1. The van der Waals surface area contributed by atoms with Crippen LogP contribution in [-0.4, -0.2) is 48.7 Å². The molecular weight excluding hydrogens is 505 g/mol. The molecule has 0 saturated carbocycles. The summed E-state index contributed by atoms with van der Waals surface area (Å²) in [6.45, 7) is 0.551. The molecule has 0 spiro atoms. The van der Waals surface area contributed by atoms with Crippen LogP contribution in [0.3, 0.4) is 0 Å². The number of primary amides is 1. The molecule has 1 aliphatic heterocycles. The van der Waals surface area contributed by atoms with Crippen molar-refractivity contribution in [3.05, 3.63) is 64.3 Å². The lowest BCUT2D eigenvalue weighted by Gasteiger charge is -2.32. The van der Waals surface area contributed by atoms with Crippen molar-refractivity contribution in [2.24, 2.45) is 5.73 Å². The highest BCUT2D eigenvalue weighted by Crippen LogP contribution is 2.40. The molecule has 1 fully saturated rings. The van der Waals surface area contributed by atoms with Crippen molar-refractivity contribution in [3.8, 4) is 11.5 Å². The fourth-order valence-electron chi connectivity index (χ4n) is 4.74. The van der Waals surface area contributed by atoms with Crippen LogP contribution in [0.5, 0.6) is 11.5 Å². The minimum atomic E-state index is -0.579. The van der Waals surface area contributed by atoms with Gasteiger partial charge in [0.15, 0.2) is 29.5 Å². The van der Waals surface area contributed by atoms with Gasteiger partial charge in [-0.05, 0) is 23.6 Å². The van der Waals surface area contributed by atoms with Gasteiger partial charge in [0.25, 0.3) is 5.91 Å². The summed E-state index contributed by atoms with van der Waals surface area (Å²) >= 11 is 7.51. The van der Waals surface area contributed by atoms with E-state index in [1.54, 1.807) is 42.7 Å². The Morgan fingerprint density at radius 2 is 2.11 bits per heavy atom. The quantitative estimate of drug-likeness (QED) is 0.332. The van der Waals surface area contributed by atoms with Gasteiger partial charge in [-0.1, -0.05) is 17.7 Å². The number of hydrogen-bond acceptors (Lipinski definition) is 7. The van der Waals surface area contributed by atoms with Crippen LogP contribution in [0.15, 0.2) is 53.5 Å². The average molecular weight is 529 g/mol. The molecule has 3 heterocycles. The highest BCUT2D eigenvalue weighted by Gasteiger charge is 2.50. The van der Waals surface area contributed by atoms with E-state index in [-0.39, 0.29) is 22.7 Å². The third-order valence-corrected chi connectivity index (χ3v) is 7.56. The Hall–Kier alpha value is -3.47. The number of anilines is 2. The highest BCUT2D eigenvalue weighted by atomic mass is 35.5. The number of nitrogens with two attached hydrogens (primary N) is 1. The van der Waals surface area contributed by atoms with Crippen LogP contribution in [0.4, 0.5) is 21.6 Å². The van der Waals surface area contributed by atoms with Gasteiger partial charge in [-0.15, -0.1) is 11.3 Å². The van der Waals surface area contributed by atoms with Crippen molar-refractivity contribution < 1.29 is 18.7 Å². The summed E-state index contributed by atoms with van der Waals surface area (Å²) in [6, 6.07) is 9.76. The maximum atomic E-state index is 14.5. The van der Waals surface area contributed by atoms with E-state index < -0.39 is 11.9 Å². The number of quaternary nitrogens is 1. The van der Waals surface area contributed by atoms with Crippen LogP contribution in [0.1, 0.15) is 6.42 Å². The van der Waals surface area contributed by atoms with Gasteiger partial charge in [-0.2, -0.15) is 0 Å². The first-order chi connectivity index (χ1) is 17.3. The molecule has 36 heavy (non-hydrogen) atoms. The zero-order valence-electron chi connectivity index (χ0n) is 19.6. The van der Waals surface area contributed by atoms with E-state index >= 15 is 0 Å². The minimum Gasteiger partial charge on any atom is -0.493 e. The molecule has 1 saturated heterocycles. The molecule has 3 atom stereocenters. The lowest BCUT2D eigenvalue weighted by Crippen LogP contribution is -2.55. The van der Waals surface area contributed by atoms with Crippen molar-refractivity contribution in [2.75, 3.05) is 26.0 Å². The van der Waals surface area contributed by atoms with Gasteiger partial charge in [-0.25, -0.2) is 14.4 Å². The number of rotatable bonds is 7. The monoisotopic (exact) mass is 528 g/mol. The number of halogens is 2. The molecule has 5 rings (SSSR count). The first kappa shape index (κ1) is 24.2. The van der Waals surface area contributed by atoms with Gasteiger partial charge in [0, 0.05) is 17.5 Å². The molecule has 0 aliphatic carbocycles. The van der Waals surface area contributed by atoms with Crippen LogP contribution in [0.2, 0.25) is 5.02 Å². The van der Waals surface area contributed by atoms with E-state index in [0.29, 0.717) is 45.7 Å². The van der Waals surface area contributed by atoms with Crippen molar-refractivity contribution in [1.29, 1.82) is 0 Å². The number of benzene rings is 2. The predicted molar refractivity (Wildman–Crippen MR) is 140 cm³/mol. The number of nitrogens with zero attached hydrogens (tertiary/aromatic N) is 3. The zero-order chi connectivity index (χ0) is 25.4. The van der Waals surface area contributed by atoms with Crippen molar-refractivity contribution in [2.45, 2.75) is 18.6 Å². The number of hydrogen-bond donors (Lipinski definition) is 2. The predicted octanol–water partition coefficient (Wildman–Crippen LogP) is 4.88. The third kappa shape index (κ3) is 4.32. The number of thiophene rings is 1. The molecule has 1 amide bonds. The SMILES string of the molecule is COc1cc2ncnc(Nc3cccc(Cl)c3F)c2cc1O[C@H]1C[C@H](C(N)=O)[N+](C)(c2ccsc2)C1. The molecule has 2 aromatic carbocycles. The van der Waals surface area contributed by atoms with E-state index in [0.717, 1.165) is 5.69 Å². The minimum absolute atomic E-state index is 0.00101. The molecular formula is C25H24ClFN5O3S+. The number of aromatic nitrogens is 2. The normalized spacial score (nSPS) is 21.4. The highest BCUT2D eigenvalue weighted by molar-refractivity contribution is 7.08. The molecule has 1 unspecified atom stereocenters. The zero-order valence-corrected chi connectivity index (χ0v) is 21.1. The van der Waals surface area contributed by atoms with Crippen LogP contribution in [0.25, 0.3) is 10.9 Å². The summed E-state index contributed by atoms with van der Waals surface area (Å²) in [5, 5.41) is 7.61. The van der Waals surface area contributed by atoms with Crippen LogP contribution >= 0.6 is 22.9 Å². The third-order valence-electron chi connectivity index (χ3n) is 6.60. The summed E-state index contributed by atoms with van der Waals surface area (Å²) in [4.78, 5) is 21.0. The topological polar surface area (TPSA) is 99.4 Å². The smallest absolute Gasteiger partial charge is 0.276 e. The van der Waals surface area contributed by atoms with Crippen LogP contribution < -0.4 is 25.0 Å². The standard InChI is InChI=1S/C25H23ClFN5O3S/c1-32(14-6-7-36-12-14)11-15(8-20(32)24(28)33)35-22-9-16-19(10-21(22)34-2)29-13-30-25(16)31-18-5-3-4-17(26)23(18)27/h3-7,9-10,12-13,15,20H,8,11H2,1-2H3,(H2-,28,29,30,31,33)/p+1/t15-,20+,32?/m0/s1. The average Bonchev–Trinajstić information content (AvgIpc) is 3.51. The van der Waals surface area contributed by atoms with Gasteiger partial charge in [-0.3, -0.25) is 9.28 Å². The summed E-state index contributed by atoms with van der Waals surface area (Å²) in [5.74, 6) is 0.373. The van der Waals surface area contributed by atoms with Gasteiger partial charge in [0.05, 0.1) is 42.2 Å². The number of methoxy groups -OCH3 is 1. The Labute approximate surface area is 216 Å². The summed E-state index contributed by atoms with van der Waals surface area (Å²) in [6.07, 6.45) is 1.53. The van der Waals surface area contributed by atoms with E-state index in [1.807, 2.05) is 23.9 Å². The van der Waals surface area contributed by atoms with Crippen LogP contribution in [0, 0.1) is 5.82 Å². The lowest BCUT2D eigenvalue weighted by atomic mass is 10.1. The molecule has 3 N–H and O–H groups in total. The second-order valence-corrected chi connectivity index (χ2v) is 9.98. The Bertz CT molecular complexity index is 1440. The number of nitrogens with one attached hydrogen (secondary N) is 1.